The Kier molecular flexibility index (Phi) is 6.08. The van der Waals surface area contributed by atoms with E-state index in [9.17, 15) is 4.79 Å². The highest BCUT2D eigenvalue weighted by atomic mass is 16.5. The van der Waals surface area contributed by atoms with Crippen LogP contribution < -0.4 is 15.4 Å². The van der Waals surface area contributed by atoms with Crippen molar-refractivity contribution in [3.05, 3.63) is 95.9 Å². The maximum Gasteiger partial charge on any atom is 0.322 e. The minimum Gasteiger partial charge on any atom is -0.466 e. The number of nitrogens with zero attached hydrogens (tertiary/aromatic N) is 2. The molecule has 6 nitrogen and oxygen atoms in total. The van der Waals surface area contributed by atoms with Gasteiger partial charge in [0.1, 0.15) is 5.75 Å². The predicted molar refractivity (Wildman–Crippen MR) is 122 cm³/mol. The zero-order valence-electron chi connectivity index (χ0n) is 17.5. The number of para-hydroxylation sites is 1. The summed E-state index contributed by atoms with van der Waals surface area (Å²) in [7, 11) is 0. The summed E-state index contributed by atoms with van der Waals surface area (Å²) in [5.41, 5.74) is 4.35. The standard InChI is InChI=1S/C25H24N4O2/c1-3-18-7-6-9-20(14-18)24(31-22-11-12-26-17(2)13-22)29-25(30)28-21-15-19-8-4-5-10-23(19)27-16-21/h4-16,24H,3H2,1-2H3,(H2,28,29,30). The SMILES string of the molecule is CCc1cccc(C(NC(=O)Nc2cnc3ccccc3c2)Oc2ccnc(C)c2)c1. The van der Waals surface area contributed by atoms with Gasteiger partial charge in [-0.1, -0.05) is 49.4 Å². The van der Waals surface area contributed by atoms with Crippen molar-refractivity contribution < 1.29 is 9.53 Å². The Bertz CT molecular complexity index is 1210. The molecule has 0 bridgehead atoms. The molecule has 6 heteroatoms. The number of carbonyl (C=O) groups excluding carboxylic acids is 1. The van der Waals surface area contributed by atoms with Gasteiger partial charge in [0.25, 0.3) is 0 Å². The molecule has 2 aromatic heterocycles. The van der Waals surface area contributed by atoms with Crippen LogP contribution >= 0.6 is 0 Å². The Labute approximate surface area is 181 Å². The number of benzene rings is 2. The first-order valence-electron chi connectivity index (χ1n) is 10.2. The summed E-state index contributed by atoms with van der Waals surface area (Å²) in [6.07, 6.45) is 3.55. The summed E-state index contributed by atoms with van der Waals surface area (Å²) in [4.78, 5) is 21.4. The van der Waals surface area contributed by atoms with E-state index in [0.29, 0.717) is 11.4 Å². The van der Waals surface area contributed by atoms with E-state index in [1.807, 2.05) is 61.5 Å². The van der Waals surface area contributed by atoms with E-state index in [4.69, 9.17) is 4.74 Å². The van der Waals surface area contributed by atoms with Crippen molar-refractivity contribution in [3.8, 4) is 5.75 Å². The molecule has 31 heavy (non-hydrogen) atoms. The highest BCUT2D eigenvalue weighted by Gasteiger charge is 2.17. The van der Waals surface area contributed by atoms with E-state index in [1.165, 1.54) is 0 Å². The van der Waals surface area contributed by atoms with Gasteiger partial charge in [0.2, 0.25) is 0 Å². The number of carbonyl (C=O) groups is 1. The van der Waals surface area contributed by atoms with E-state index < -0.39 is 6.23 Å². The van der Waals surface area contributed by atoms with E-state index in [0.717, 1.165) is 34.1 Å². The molecule has 4 rings (SSSR count). The first-order chi connectivity index (χ1) is 15.1. The zero-order chi connectivity index (χ0) is 21.6. The number of fused-ring (bicyclic) bond motifs is 1. The van der Waals surface area contributed by atoms with Crippen LogP contribution in [0.3, 0.4) is 0 Å². The van der Waals surface area contributed by atoms with Crippen LogP contribution in [0.2, 0.25) is 0 Å². The number of aromatic nitrogens is 2. The summed E-state index contributed by atoms with van der Waals surface area (Å²) >= 11 is 0. The van der Waals surface area contributed by atoms with E-state index in [2.05, 4.69) is 33.6 Å². The number of urea groups is 1. The number of aryl methyl sites for hydroxylation is 2. The molecule has 156 valence electrons. The highest BCUT2D eigenvalue weighted by Crippen LogP contribution is 2.22. The molecule has 0 aliphatic carbocycles. The molecular weight excluding hydrogens is 388 g/mol. The molecule has 2 amide bonds. The summed E-state index contributed by atoms with van der Waals surface area (Å²) < 4.78 is 6.13. The van der Waals surface area contributed by atoms with Gasteiger partial charge in [0.15, 0.2) is 6.23 Å². The Hall–Kier alpha value is -3.93. The molecule has 1 atom stereocenters. The molecule has 4 aromatic rings. The number of rotatable bonds is 6. The second-order valence-corrected chi connectivity index (χ2v) is 7.24. The van der Waals surface area contributed by atoms with Gasteiger partial charge in [-0.05, 0) is 37.1 Å². The average molecular weight is 412 g/mol. The topological polar surface area (TPSA) is 76.1 Å². The smallest absolute Gasteiger partial charge is 0.322 e. The van der Waals surface area contributed by atoms with Crippen LogP contribution in [0.15, 0.2) is 79.1 Å². The van der Waals surface area contributed by atoms with Gasteiger partial charge in [-0.3, -0.25) is 15.3 Å². The summed E-state index contributed by atoms with van der Waals surface area (Å²) in [6, 6.07) is 20.9. The fourth-order valence-corrected chi connectivity index (χ4v) is 3.31. The zero-order valence-corrected chi connectivity index (χ0v) is 17.5. The molecule has 2 aromatic carbocycles. The molecule has 0 saturated carbocycles. The third kappa shape index (κ3) is 5.17. The van der Waals surface area contributed by atoms with Crippen molar-refractivity contribution >= 4 is 22.6 Å². The van der Waals surface area contributed by atoms with Crippen molar-refractivity contribution in [1.82, 2.24) is 15.3 Å². The van der Waals surface area contributed by atoms with Gasteiger partial charge in [-0.25, -0.2) is 4.79 Å². The number of ether oxygens (including phenoxy) is 1. The van der Waals surface area contributed by atoms with Gasteiger partial charge in [-0.15, -0.1) is 0 Å². The number of anilines is 1. The highest BCUT2D eigenvalue weighted by molar-refractivity contribution is 5.92. The maximum absolute atomic E-state index is 12.8. The van der Waals surface area contributed by atoms with E-state index in [1.54, 1.807) is 18.5 Å². The number of hydrogen-bond donors (Lipinski definition) is 2. The normalized spacial score (nSPS) is 11.7. The molecule has 0 aliphatic heterocycles. The fraction of sp³-hybridized carbons (Fsp3) is 0.160. The maximum atomic E-state index is 12.8. The molecule has 2 heterocycles. The third-order valence-electron chi connectivity index (χ3n) is 4.89. The lowest BCUT2D eigenvalue weighted by atomic mass is 10.1. The van der Waals surface area contributed by atoms with Crippen molar-refractivity contribution in [2.75, 3.05) is 5.32 Å². The third-order valence-corrected chi connectivity index (χ3v) is 4.89. The van der Waals surface area contributed by atoms with Gasteiger partial charge >= 0.3 is 6.03 Å². The predicted octanol–water partition coefficient (Wildman–Crippen LogP) is 5.40. The lowest BCUT2D eigenvalue weighted by Crippen LogP contribution is -2.35. The number of nitrogens with one attached hydrogen (secondary N) is 2. The fourth-order valence-electron chi connectivity index (χ4n) is 3.31. The molecule has 0 aliphatic rings. The minimum absolute atomic E-state index is 0.380. The first kappa shape index (κ1) is 20.3. The lowest BCUT2D eigenvalue weighted by Gasteiger charge is -2.22. The van der Waals surface area contributed by atoms with Gasteiger partial charge in [0.05, 0.1) is 17.4 Å². The van der Waals surface area contributed by atoms with Crippen molar-refractivity contribution in [2.24, 2.45) is 0 Å². The van der Waals surface area contributed by atoms with Gasteiger partial charge < -0.3 is 10.1 Å². The second-order valence-electron chi connectivity index (χ2n) is 7.24. The number of pyridine rings is 2. The van der Waals surface area contributed by atoms with Crippen LogP contribution in [0.4, 0.5) is 10.5 Å². The Morgan fingerprint density at radius 2 is 1.90 bits per heavy atom. The monoisotopic (exact) mass is 412 g/mol. The van der Waals surface area contributed by atoms with Crippen LogP contribution in [0.5, 0.6) is 5.75 Å². The van der Waals surface area contributed by atoms with Crippen LogP contribution in [-0.4, -0.2) is 16.0 Å². The van der Waals surface area contributed by atoms with Crippen LogP contribution in [0.1, 0.15) is 30.0 Å². The number of hydrogen-bond acceptors (Lipinski definition) is 4. The van der Waals surface area contributed by atoms with Gasteiger partial charge in [0, 0.05) is 28.9 Å². The second kappa shape index (κ2) is 9.26. The van der Waals surface area contributed by atoms with Crippen molar-refractivity contribution in [1.29, 1.82) is 0 Å². The molecule has 1 unspecified atom stereocenters. The van der Waals surface area contributed by atoms with Crippen LogP contribution in [0.25, 0.3) is 10.9 Å². The Morgan fingerprint density at radius 3 is 2.74 bits per heavy atom. The Morgan fingerprint density at radius 1 is 1.03 bits per heavy atom. The molecule has 0 saturated heterocycles. The van der Waals surface area contributed by atoms with E-state index >= 15 is 0 Å². The molecule has 0 fully saturated rings. The van der Waals surface area contributed by atoms with Crippen LogP contribution in [0, 0.1) is 6.92 Å². The van der Waals surface area contributed by atoms with E-state index in [-0.39, 0.29) is 6.03 Å². The van der Waals surface area contributed by atoms with Crippen LogP contribution in [-0.2, 0) is 6.42 Å². The van der Waals surface area contributed by atoms with Crippen molar-refractivity contribution in [3.63, 3.8) is 0 Å². The first-order valence-corrected chi connectivity index (χ1v) is 10.2. The largest absolute Gasteiger partial charge is 0.466 e. The molecule has 0 radical (unpaired) electrons. The summed E-state index contributed by atoms with van der Waals surface area (Å²) in [5, 5.41) is 6.74. The Balaban J connectivity index is 1.55. The molecule has 0 spiro atoms. The molecule has 2 N–H and O–H groups in total. The van der Waals surface area contributed by atoms with Crippen molar-refractivity contribution in [2.45, 2.75) is 26.5 Å². The quantitative estimate of drug-likeness (QED) is 0.416. The molecular formula is C25H24N4O2. The summed E-state index contributed by atoms with van der Waals surface area (Å²) in [5.74, 6) is 0.632. The lowest BCUT2D eigenvalue weighted by molar-refractivity contribution is 0.169. The minimum atomic E-state index is -0.665. The summed E-state index contributed by atoms with van der Waals surface area (Å²) in [6.45, 7) is 3.99. The van der Waals surface area contributed by atoms with Gasteiger partial charge in [-0.2, -0.15) is 0 Å². The number of amides is 2. The average Bonchev–Trinajstić information content (AvgIpc) is 2.78.